The van der Waals surface area contributed by atoms with Crippen LogP contribution >= 0.6 is 0 Å². The zero-order chi connectivity index (χ0) is 23.1. The standard InChI is InChI=1S/C25H32N2O5/c1-2-32-23(30)20(15-14-18-9-4-3-5-10-18)25(26)16-8-12-19-11-6-7-13-21(19)27(24(25)31)17-22(28)29/h3-7,9-10,13,19-20H,2,8,11-12,14-17,26H2,1H3,(H,28,29). The Kier molecular flexibility index (Phi) is 7.85. The van der Waals surface area contributed by atoms with Crippen LogP contribution in [0.1, 0.15) is 44.6 Å². The number of ether oxygens (including phenoxy) is 1. The fourth-order valence-corrected chi connectivity index (χ4v) is 4.76. The minimum absolute atomic E-state index is 0.0678. The Bertz CT molecular complexity index is 895. The number of fused-ring (bicyclic) bond motifs is 1. The Labute approximate surface area is 188 Å². The van der Waals surface area contributed by atoms with Gasteiger partial charge in [-0.3, -0.25) is 14.4 Å². The first-order valence-corrected chi connectivity index (χ1v) is 11.3. The molecule has 0 radical (unpaired) electrons. The second-order valence-electron chi connectivity index (χ2n) is 8.50. The van der Waals surface area contributed by atoms with Gasteiger partial charge in [-0.05, 0) is 50.7 Å². The molecule has 2 aliphatic rings. The monoisotopic (exact) mass is 440 g/mol. The number of carboxylic acids is 1. The van der Waals surface area contributed by atoms with Crippen LogP contribution in [0.2, 0.25) is 0 Å². The molecule has 0 aromatic heterocycles. The van der Waals surface area contributed by atoms with E-state index in [-0.39, 0.29) is 12.5 Å². The van der Waals surface area contributed by atoms with E-state index in [1.165, 1.54) is 4.90 Å². The van der Waals surface area contributed by atoms with E-state index >= 15 is 0 Å². The van der Waals surface area contributed by atoms with Crippen LogP contribution in [0.5, 0.6) is 0 Å². The molecule has 1 saturated heterocycles. The number of hydrogen-bond donors (Lipinski definition) is 2. The fraction of sp³-hybridized carbons (Fsp3) is 0.480. The van der Waals surface area contributed by atoms with Gasteiger partial charge in [-0.25, -0.2) is 0 Å². The van der Waals surface area contributed by atoms with Gasteiger partial charge in [-0.2, -0.15) is 0 Å². The fourth-order valence-electron chi connectivity index (χ4n) is 4.76. The summed E-state index contributed by atoms with van der Waals surface area (Å²) in [5, 5.41) is 9.52. The average molecular weight is 441 g/mol. The third kappa shape index (κ3) is 5.27. The molecule has 3 atom stereocenters. The highest BCUT2D eigenvalue weighted by atomic mass is 16.5. The summed E-state index contributed by atoms with van der Waals surface area (Å²) >= 11 is 0. The van der Waals surface area contributed by atoms with Crippen LogP contribution in [0.3, 0.4) is 0 Å². The van der Waals surface area contributed by atoms with Gasteiger partial charge in [-0.15, -0.1) is 0 Å². The van der Waals surface area contributed by atoms with E-state index in [1.54, 1.807) is 13.0 Å². The summed E-state index contributed by atoms with van der Waals surface area (Å²) in [4.78, 5) is 39.8. The lowest BCUT2D eigenvalue weighted by atomic mass is 9.73. The first kappa shape index (κ1) is 23.7. The number of aliphatic carboxylic acids is 1. The van der Waals surface area contributed by atoms with Gasteiger partial charge in [-0.1, -0.05) is 48.9 Å². The summed E-state index contributed by atoms with van der Waals surface area (Å²) in [6.45, 7) is 1.42. The molecule has 1 aromatic rings. The first-order chi connectivity index (χ1) is 15.4. The van der Waals surface area contributed by atoms with Crippen LogP contribution in [0.4, 0.5) is 0 Å². The number of rotatable bonds is 8. The molecule has 0 bridgehead atoms. The first-order valence-electron chi connectivity index (χ1n) is 11.3. The molecule has 1 aromatic carbocycles. The van der Waals surface area contributed by atoms with Gasteiger partial charge in [0.2, 0.25) is 5.91 Å². The van der Waals surface area contributed by atoms with Crippen molar-refractivity contribution >= 4 is 17.8 Å². The van der Waals surface area contributed by atoms with Gasteiger partial charge in [0.1, 0.15) is 12.1 Å². The number of esters is 1. The van der Waals surface area contributed by atoms with Crippen molar-refractivity contribution < 1.29 is 24.2 Å². The van der Waals surface area contributed by atoms with Gasteiger partial charge in [0.05, 0.1) is 12.5 Å². The minimum Gasteiger partial charge on any atom is -0.480 e. The number of carbonyl (C=O) groups excluding carboxylic acids is 2. The van der Waals surface area contributed by atoms with Gasteiger partial charge in [0.25, 0.3) is 0 Å². The molecule has 3 rings (SSSR count). The zero-order valence-corrected chi connectivity index (χ0v) is 18.5. The van der Waals surface area contributed by atoms with E-state index < -0.39 is 35.8 Å². The molecule has 1 amide bonds. The molecule has 3 N–H and O–H groups in total. The summed E-state index contributed by atoms with van der Waals surface area (Å²) in [5.74, 6) is -2.95. The molecule has 7 heteroatoms. The molecule has 172 valence electrons. The van der Waals surface area contributed by atoms with E-state index in [1.807, 2.05) is 42.5 Å². The van der Waals surface area contributed by atoms with Crippen molar-refractivity contribution in [2.45, 2.75) is 51.0 Å². The molecule has 1 aliphatic heterocycles. The maximum Gasteiger partial charge on any atom is 0.323 e. The summed E-state index contributed by atoms with van der Waals surface area (Å²) in [6, 6.07) is 9.69. The van der Waals surface area contributed by atoms with Crippen LogP contribution in [-0.2, 0) is 25.5 Å². The van der Waals surface area contributed by atoms with Crippen LogP contribution in [-0.4, -0.2) is 46.5 Å². The molecule has 0 saturated carbocycles. The van der Waals surface area contributed by atoms with Crippen molar-refractivity contribution in [1.82, 2.24) is 4.90 Å². The molecule has 1 heterocycles. The normalized spacial score (nSPS) is 24.1. The van der Waals surface area contributed by atoms with E-state index in [2.05, 4.69) is 0 Å². The summed E-state index contributed by atoms with van der Waals surface area (Å²) in [5.41, 5.74) is 6.93. The van der Waals surface area contributed by atoms with Gasteiger partial charge < -0.3 is 20.5 Å². The molecule has 1 fully saturated rings. The van der Waals surface area contributed by atoms with Crippen molar-refractivity contribution in [2.75, 3.05) is 13.2 Å². The lowest BCUT2D eigenvalue weighted by molar-refractivity contribution is -0.158. The van der Waals surface area contributed by atoms with Crippen LogP contribution in [0.15, 0.2) is 54.3 Å². The number of nitrogens with two attached hydrogens (primary N) is 1. The third-order valence-corrected chi connectivity index (χ3v) is 6.39. The SMILES string of the molecule is CCOC(=O)C(CCc1ccccc1)C1(N)CCCC2CC=CC=C2N(CC(=O)O)C1=O. The number of carboxylic acid groups (broad SMARTS) is 1. The molecule has 32 heavy (non-hydrogen) atoms. The topological polar surface area (TPSA) is 110 Å². The lowest BCUT2D eigenvalue weighted by Crippen LogP contribution is -2.63. The molecule has 3 unspecified atom stereocenters. The number of hydrogen-bond acceptors (Lipinski definition) is 5. The molecule has 1 aliphatic carbocycles. The number of aryl methyl sites for hydroxylation is 1. The molecular formula is C25H32N2O5. The Balaban J connectivity index is 1.97. The number of likely N-dealkylation sites (tertiary alicyclic amines) is 1. The zero-order valence-electron chi connectivity index (χ0n) is 18.5. The van der Waals surface area contributed by atoms with Crippen molar-refractivity contribution in [2.24, 2.45) is 17.6 Å². The Hall–Kier alpha value is -2.93. The van der Waals surface area contributed by atoms with Crippen LogP contribution < -0.4 is 5.73 Å². The Morgan fingerprint density at radius 3 is 2.75 bits per heavy atom. The average Bonchev–Trinajstić information content (AvgIpc) is 2.77. The van der Waals surface area contributed by atoms with E-state index in [0.717, 1.165) is 18.4 Å². The largest absolute Gasteiger partial charge is 0.480 e. The summed E-state index contributed by atoms with van der Waals surface area (Å²) < 4.78 is 5.32. The lowest BCUT2D eigenvalue weighted by Gasteiger charge is -2.43. The van der Waals surface area contributed by atoms with Crippen molar-refractivity contribution in [1.29, 1.82) is 0 Å². The van der Waals surface area contributed by atoms with Gasteiger partial charge >= 0.3 is 11.9 Å². The van der Waals surface area contributed by atoms with Gasteiger partial charge in [0, 0.05) is 11.6 Å². The number of amides is 1. The molecule has 0 spiro atoms. The van der Waals surface area contributed by atoms with Gasteiger partial charge in [0.15, 0.2) is 0 Å². The van der Waals surface area contributed by atoms with Crippen LogP contribution in [0.25, 0.3) is 0 Å². The quantitative estimate of drug-likeness (QED) is 0.601. The van der Waals surface area contributed by atoms with E-state index in [0.29, 0.717) is 31.4 Å². The molecule has 7 nitrogen and oxygen atoms in total. The summed E-state index contributed by atoms with van der Waals surface area (Å²) in [7, 11) is 0. The van der Waals surface area contributed by atoms with Crippen molar-refractivity contribution in [3.8, 4) is 0 Å². The third-order valence-electron chi connectivity index (χ3n) is 6.39. The van der Waals surface area contributed by atoms with Crippen molar-refractivity contribution in [3.05, 3.63) is 59.8 Å². The van der Waals surface area contributed by atoms with Crippen molar-refractivity contribution in [3.63, 3.8) is 0 Å². The van der Waals surface area contributed by atoms with E-state index in [4.69, 9.17) is 10.5 Å². The molecular weight excluding hydrogens is 408 g/mol. The Morgan fingerprint density at radius 1 is 1.31 bits per heavy atom. The van der Waals surface area contributed by atoms with E-state index in [9.17, 15) is 19.5 Å². The highest BCUT2D eigenvalue weighted by Gasteiger charge is 2.50. The maximum atomic E-state index is 13.8. The smallest absolute Gasteiger partial charge is 0.323 e. The highest BCUT2D eigenvalue weighted by molar-refractivity contribution is 5.95. The highest BCUT2D eigenvalue weighted by Crippen LogP contribution is 2.38. The Morgan fingerprint density at radius 2 is 2.06 bits per heavy atom. The predicted molar refractivity (Wildman–Crippen MR) is 120 cm³/mol. The predicted octanol–water partition coefficient (Wildman–Crippen LogP) is 3.05. The second-order valence-corrected chi connectivity index (χ2v) is 8.50. The minimum atomic E-state index is -1.54. The number of carbonyl (C=O) groups is 3. The second kappa shape index (κ2) is 10.6. The summed E-state index contributed by atoms with van der Waals surface area (Å²) in [6.07, 6.45) is 9.05. The number of nitrogens with zero attached hydrogens (tertiary/aromatic N) is 1. The number of benzene rings is 1. The number of allylic oxidation sites excluding steroid dienone is 4. The maximum absolute atomic E-state index is 13.8. The van der Waals surface area contributed by atoms with Crippen LogP contribution in [0, 0.1) is 11.8 Å².